The highest BCUT2D eigenvalue weighted by Crippen LogP contribution is 2.40. The fourth-order valence-corrected chi connectivity index (χ4v) is 4.62. The SMILES string of the molecule is COC(=O)c1ccc(-c2ccc([C@@H]3[C@@H](c4ccccn4)NC(=S)N3CC(=O)Nc3ccccc3)o2)cc1. The van der Waals surface area contributed by atoms with Crippen LogP contribution in [0.2, 0.25) is 0 Å². The van der Waals surface area contributed by atoms with E-state index < -0.39 is 12.0 Å². The second-order valence-electron chi connectivity index (χ2n) is 8.44. The summed E-state index contributed by atoms with van der Waals surface area (Å²) in [6.45, 7) is 0.0264. The zero-order valence-electron chi connectivity index (χ0n) is 20.0. The predicted molar refractivity (Wildman–Crippen MR) is 143 cm³/mol. The van der Waals surface area contributed by atoms with E-state index >= 15 is 0 Å². The molecule has 1 amide bonds. The molecular formula is C28H24N4O4S. The molecule has 2 aromatic carbocycles. The second kappa shape index (κ2) is 10.6. The highest BCUT2D eigenvalue weighted by Gasteiger charge is 2.42. The Morgan fingerprint density at radius 3 is 2.49 bits per heavy atom. The fourth-order valence-electron chi connectivity index (χ4n) is 4.32. The lowest BCUT2D eigenvalue weighted by molar-refractivity contribution is -0.116. The number of furan rings is 1. The average molecular weight is 513 g/mol. The van der Waals surface area contributed by atoms with Gasteiger partial charge in [-0.05, 0) is 60.7 Å². The van der Waals surface area contributed by atoms with Crippen molar-refractivity contribution in [3.05, 3.63) is 108 Å². The maximum absolute atomic E-state index is 12.9. The lowest BCUT2D eigenvalue weighted by Crippen LogP contribution is -2.36. The molecule has 1 aliphatic rings. The highest BCUT2D eigenvalue weighted by molar-refractivity contribution is 7.80. The molecule has 0 unspecified atom stereocenters. The van der Waals surface area contributed by atoms with Crippen molar-refractivity contribution in [1.82, 2.24) is 15.2 Å². The average Bonchev–Trinajstić information content (AvgIpc) is 3.54. The number of para-hydroxylation sites is 1. The number of rotatable bonds is 7. The van der Waals surface area contributed by atoms with E-state index in [1.54, 1.807) is 30.5 Å². The number of benzene rings is 2. The normalized spacial score (nSPS) is 16.8. The summed E-state index contributed by atoms with van der Waals surface area (Å²) in [4.78, 5) is 31.1. The van der Waals surface area contributed by atoms with Crippen LogP contribution in [0.15, 0.2) is 95.5 Å². The molecule has 37 heavy (non-hydrogen) atoms. The van der Waals surface area contributed by atoms with Gasteiger partial charge in [0.25, 0.3) is 0 Å². The van der Waals surface area contributed by atoms with Crippen molar-refractivity contribution in [2.24, 2.45) is 0 Å². The van der Waals surface area contributed by atoms with Crippen molar-refractivity contribution >= 4 is 34.9 Å². The van der Waals surface area contributed by atoms with Crippen LogP contribution >= 0.6 is 12.2 Å². The van der Waals surface area contributed by atoms with Crippen molar-refractivity contribution in [3.8, 4) is 11.3 Å². The van der Waals surface area contributed by atoms with Crippen LogP contribution in [-0.2, 0) is 9.53 Å². The molecule has 0 saturated carbocycles. The molecule has 1 aliphatic heterocycles. The smallest absolute Gasteiger partial charge is 0.337 e. The summed E-state index contributed by atoms with van der Waals surface area (Å²) in [6, 6.07) is 24.9. The molecule has 0 bridgehead atoms. The van der Waals surface area contributed by atoms with Crippen molar-refractivity contribution in [1.29, 1.82) is 0 Å². The van der Waals surface area contributed by atoms with Crippen LogP contribution in [0.25, 0.3) is 11.3 Å². The van der Waals surface area contributed by atoms with E-state index in [-0.39, 0.29) is 18.5 Å². The summed E-state index contributed by atoms with van der Waals surface area (Å²) in [5, 5.41) is 6.67. The number of anilines is 1. The molecule has 5 rings (SSSR count). The third-order valence-electron chi connectivity index (χ3n) is 6.08. The van der Waals surface area contributed by atoms with E-state index in [1.165, 1.54) is 7.11 Å². The van der Waals surface area contributed by atoms with E-state index in [0.29, 0.717) is 27.9 Å². The van der Waals surface area contributed by atoms with E-state index in [4.69, 9.17) is 21.4 Å². The summed E-state index contributed by atoms with van der Waals surface area (Å²) in [5.41, 5.74) is 2.74. The van der Waals surface area contributed by atoms with Crippen LogP contribution in [0.5, 0.6) is 0 Å². The predicted octanol–water partition coefficient (Wildman–Crippen LogP) is 4.74. The number of thiocarbonyl (C=S) groups is 1. The molecule has 2 N–H and O–H groups in total. The number of hydrogen-bond acceptors (Lipinski definition) is 6. The lowest BCUT2D eigenvalue weighted by Gasteiger charge is -2.25. The van der Waals surface area contributed by atoms with Gasteiger partial charge in [-0.25, -0.2) is 4.79 Å². The number of pyridine rings is 1. The molecule has 186 valence electrons. The van der Waals surface area contributed by atoms with Crippen molar-refractivity contribution in [3.63, 3.8) is 0 Å². The summed E-state index contributed by atoms with van der Waals surface area (Å²) in [5.74, 6) is 0.646. The van der Waals surface area contributed by atoms with Gasteiger partial charge in [-0.15, -0.1) is 0 Å². The van der Waals surface area contributed by atoms with Gasteiger partial charge in [0.2, 0.25) is 5.91 Å². The topological polar surface area (TPSA) is 96.7 Å². The summed E-state index contributed by atoms with van der Waals surface area (Å²) in [6.07, 6.45) is 1.72. The minimum absolute atomic E-state index is 0.0264. The van der Waals surface area contributed by atoms with Gasteiger partial charge in [-0.2, -0.15) is 0 Å². The van der Waals surface area contributed by atoms with Gasteiger partial charge in [0.05, 0.1) is 24.4 Å². The number of carbonyl (C=O) groups is 2. The number of nitrogens with one attached hydrogen (secondary N) is 2. The van der Waals surface area contributed by atoms with Gasteiger partial charge in [0.15, 0.2) is 5.11 Å². The van der Waals surface area contributed by atoms with E-state index in [2.05, 4.69) is 15.6 Å². The molecule has 4 aromatic rings. The number of amides is 1. The van der Waals surface area contributed by atoms with Gasteiger partial charge in [-0.3, -0.25) is 9.78 Å². The molecule has 1 saturated heterocycles. The van der Waals surface area contributed by atoms with Gasteiger partial charge in [0.1, 0.15) is 24.1 Å². The largest absolute Gasteiger partial charge is 0.465 e. The maximum Gasteiger partial charge on any atom is 0.337 e. The quantitative estimate of drug-likeness (QED) is 0.271. The molecule has 3 heterocycles. The van der Waals surface area contributed by atoms with Crippen molar-refractivity contribution in [2.75, 3.05) is 19.0 Å². The van der Waals surface area contributed by atoms with Gasteiger partial charge in [-0.1, -0.05) is 36.4 Å². The molecule has 1 fully saturated rings. The zero-order chi connectivity index (χ0) is 25.8. The first kappa shape index (κ1) is 24.2. The van der Waals surface area contributed by atoms with E-state index in [9.17, 15) is 9.59 Å². The number of hydrogen-bond donors (Lipinski definition) is 2. The standard InChI is InChI=1S/C28H24N4O4S/c1-35-27(34)19-12-10-18(11-13-19)22-14-15-23(36-22)26-25(21-9-5-6-16-29-21)31-28(37)32(26)17-24(33)30-20-7-3-2-4-8-20/h2-16,25-26H,17H2,1H3,(H,30,33)(H,31,37)/t25-,26-/m1/s1. The van der Waals surface area contributed by atoms with Crippen LogP contribution in [-0.4, -0.2) is 40.5 Å². The Morgan fingerprint density at radius 1 is 1.03 bits per heavy atom. The molecular weight excluding hydrogens is 488 g/mol. The van der Waals surface area contributed by atoms with Gasteiger partial charge >= 0.3 is 5.97 Å². The summed E-state index contributed by atoms with van der Waals surface area (Å²) >= 11 is 5.65. The first-order valence-corrected chi connectivity index (χ1v) is 12.1. The van der Waals surface area contributed by atoms with Crippen LogP contribution in [0.3, 0.4) is 0 Å². The molecule has 0 spiro atoms. The minimum Gasteiger partial charge on any atom is -0.465 e. The van der Waals surface area contributed by atoms with E-state index in [1.807, 2.05) is 65.6 Å². The Kier molecular flexibility index (Phi) is 6.96. The monoisotopic (exact) mass is 512 g/mol. The number of nitrogens with zero attached hydrogens (tertiary/aromatic N) is 2. The summed E-state index contributed by atoms with van der Waals surface area (Å²) in [7, 11) is 1.35. The number of esters is 1. The van der Waals surface area contributed by atoms with Crippen molar-refractivity contribution in [2.45, 2.75) is 12.1 Å². The molecule has 2 atom stereocenters. The molecule has 0 aliphatic carbocycles. The van der Waals surface area contributed by atoms with Crippen molar-refractivity contribution < 1.29 is 18.7 Å². The van der Waals surface area contributed by atoms with Crippen LogP contribution in [0, 0.1) is 0 Å². The Hall–Kier alpha value is -4.50. The fraction of sp³-hybridized carbons (Fsp3) is 0.143. The number of methoxy groups -OCH3 is 1. The highest BCUT2D eigenvalue weighted by atomic mass is 32.1. The molecule has 2 aromatic heterocycles. The third-order valence-corrected chi connectivity index (χ3v) is 6.43. The lowest BCUT2D eigenvalue weighted by atomic mass is 10.0. The Balaban J connectivity index is 1.44. The Morgan fingerprint density at radius 2 is 1.78 bits per heavy atom. The molecule has 9 heteroatoms. The van der Waals surface area contributed by atoms with E-state index in [0.717, 1.165) is 11.3 Å². The molecule has 8 nitrogen and oxygen atoms in total. The second-order valence-corrected chi connectivity index (χ2v) is 8.83. The number of carbonyl (C=O) groups excluding carboxylic acids is 2. The van der Waals surface area contributed by atoms with Crippen LogP contribution in [0.4, 0.5) is 5.69 Å². The Labute approximate surface area is 219 Å². The maximum atomic E-state index is 12.9. The van der Waals surface area contributed by atoms with Crippen LogP contribution in [0.1, 0.15) is 33.9 Å². The van der Waals surface area contributed by atoms with Gasteiger partial charge in [0, 0.05) is 17.4 Å². The van der Waals surface area contributed by atoms with Crippen LogP contribution < -0.4 is 10.6 Å². The minimum atomic E-state index is -0.410. The summed E-state index contributed by atoms with van der Waals surface area (Å²) < 4.78 is 11.1. The Bertz CT molecular complexity index is 1410. The first-order valence-electron chi connectivity index (χ1n) is 11.6. The number of aromatic nitrogens is 1. The number of ether oxygens (including phenoxy) is 1. The zero-order valence-corrected chi connectivity index (χ0v) is 20.8. The molecule has 0 radical (unpaired) electrons. The van der Waals surface area contributed by atoms with Gasteiger partial charge < -0.3 is 24.7 Å². The first-order chi connectivity index (χ1) is 18.0. The third kappa shape index (κ3) is 5.22.